The molecule has 0 atom stereocenters. The lowest BCUT2D eigenvalue weighted by Gasteiger charge is -2.37. The third-order valence-electron chi connectivity index (χ3n) is 4.68. The molecule has 1 N–H and O–H groups in total. The third kappa shape index (κ3) is 4.68. The molecule has 1 fully saturated rings. The van der Waals surface area contributed by atoms with Crippen LogP contribution in [-0.2, 0) is 14.9 Å². The Bertz CT molecular complexity index is 549. The monoisotopic (exact) mass is 316 g/mol. The molecule has 0 radical (unpaired) electrons. The Morgan fingerprint density at radius 2 is 1.87 bits per heavy atom. The molecule has 3 nitrogen and oxygen atoms in total. The van der Waals surface area contributed by atoms with E-state index in [1.165, 1.54) is 25.3 Å². The molecule has 0 aliphatic heterocycles. The molecule has 0 unspecified atom stereocenters. The van der Waals surface area contributed by atoms with Gasteiger partial charge in [0.15, 0.2) is 0 Å². The van der Waals surface area contributed by atoms with Gasteiger partial charge < -0.3 is 9.84 Å². The van der Waals surface area contributed by atoms with Crippen molar-refractivity contribution in [1.82, 2.24) is 0 Å². The molecule has 1 aliphatic rings. The highest BCUT2D eigenvalue weighted by Crippen LogP contribution is 2.47. The largest absolute Gasteiger partial charge is 0.460 e. The molecule has 0 aromatic heterocycles. The van der Waals surface area contributed by atoms with Crippen molar-refractivity contribution >= 4 is 12.0 Å². The van der Waals surface area contributed by atoms with Crippen molar-refractivity contribution in [2.45, 2.75) is 63.9 Å². The summed E-state index contributed by atoms with van der Waals surface area (Å²) in [6, 6.07) is 8.57. The quantitative estimate of drug-likeness (QED) is 0.799. The fourth-order valence-electron chi connectivity index (χ4n) is 4.00. The first-order valence-corrected chi connectivity index (χ1v) is 8.44. The molecule has 1 aliphatic carbocycles. The molecule has 2 rings (SSSR count). The Morgan fingerprint density at radius 3 is 2.39 bits per heavy atom. The zero-order valence-electron chi connectivity index (χ0n) is 14.5. The summed E-state index contributed by atoms with van der Waals surface area (Å²) in [5, 5.41) is 8.87. The first-order chi connectivity index (χ1) is 10.9. The normalized spacial score (nSPS) is 17.6. The van der Waals surface area contributed by atoms with E-state index < -0.39 is 5.60 Å². The second-order valence-corrected chi connectivity index (χ2v) is 7.22. The van der Waals surface area contributed by atoms with Crippen LogP contribution < -0.4 is 0 Å². The van der Waals surface area contributed by atoms with Crippen molar-refractivity contribution in [1.29, 1.82) is 0 Å². The lowest BCUT2D eigenvalue weighted by atomic mass is 9.71. The van der Waals surface area contributed by atoms with Crippen molar-refractivity contribution in [2.24, 2.45) is 0 Å². The molecule has 0 spiro atoms. The van der Waals surface area contributed by atoms with Crippen LogP contribution in [0, 0.1) is 0 Å². The van der Waals surface area contributed by atoms with Gasteiger partial charge in [-0.25, -0.2) is 0 Å². The van der Waals surface area contributed by atoms with Gasteiger partial charge in [-0.05, 0) is 49.7 Å². The molecule has 1 saturated carbocycles. The molecule has 0 amide bonds. The van der Waals surface area contributed by atoms with Gasteiger partial charge in [0.1, 0.15) is 5.60 Å². The van der Waals surface area contributed by atoms with Crippen LogP contribution in [0.2, 0.25) is 0 Å². The van der Waals surface area contributed by atoms with Gasteiger partial charge in [-0.3, -0.25) is 4.79 Å². The Morgan fingerprint density at radius 1 is 1.26 bits per heavy atom. The van der Waals surface area contributed by atoms with Crippen LogP contribution in [0.25, 0.3) is 6.08 Å². The Labute approximate surface area is 139 Å². The summed E-state index contributed by atoms with van der Waals surface area (Å²) in [4.78, 5) is 11.4. The van der Waals surface area contributed by atoms with Crippen LogP contribution in [0.15, 0.2) is 30.3 Å². The topological polar surface area (TPSA) is 46.5 Å². The SMILES string of the molecule is CC(=O)OC(C)(C)CC1(c2ccc(C=CCO)cc2)CCCC1. The molecule has 1 aromatic rings. The minimum absolute atomic E-state index is 0.0578. The second-order valence-electron chi connectivity index (χ2n) is 7.22. The number of esters is 1. The number of aliphatic hydroxyl groups is 1. The maximum Gasteiger partial charge on any atom is 0.303 e. The number of carbonyl (C=O) groups excluding carboxylic acids is 1. The van der Waals surface area contributed by atoms with Crippen LogP contribution in [0.5, 0.6) is 0 Å². The van der Waals surface area contributed by atoms with Crippen LogP contribution in [0.4, 0.5) is 0 Å². The standard InChI is InChI=1S/C20H28O3/c1-16(22)23-19(2,3)15-20(12-4-5-13-20)18-10-8-17(9-11-18)7-6-14-21/h6-11,21H,4-5,12-15H2,1-3H3. The van der Waals surface area contributed by atoms with Gasteiger partial charge in [-0.15, -0.1) is 0 Å². The van der Waals surface area contributed by atoms with Gasteiger partial charge >= 0.3 is 5.97 Å². The highest BCUT2D eigenvalue weighted by atomic mass is 16.6. The van der Waals surface area contributed by atoms with E-state index in [9.17, 15) is 4.79 Å². The maximum absolute atomic E-state index is 11.4. The molecule has 126 valence electrons. The van der Waals surface area contributed by atoms with Crippen molar-refractivity contribution in [2.75, 3.05) is 6.61 Å². The van der Waals surface area contributed by atoms with Gasteiger partial charge in [0.2, 0.25) is 0 Å². The van der Waals surface area contributed by atoms with E-state index in [1.807, 2.05) is 19.9 Å². The Hall–Kier alpha value is -1.61. The summed E-state index contributed by atoms with van der Waals surface area (Å²) in [7, 11) is 0. The van der Waals surface area contributed by atoms with Crippen molar-refractivity contribution in [3.8, 4) is 0 Å². The first kappa shape index (κ1) is 17.7. The minimum Gasteiger partial charge on any atom is -0.460 e. The van der Waals surface area contributed by atoms with Crippen molar-refractivity contribution < 1.29 is 14.6 Å². The Kier molecular flexibility index (Phi) is 5.64. The molecule has 0 bridgehead atoms. The number of ether oxygens (including phenoxy) is 1. The first-order valence-electron chi connectivity index (χ1n) is 8.44. The lowest BCUT2D eigenvalue weighted by Crippen LogP contribution is -2.37. The number of carbonyl (C=O) groups is 1. The molecule has 1 aromatic carbocycles. The van der Waals surface area contributed by atoms with E-state index >= 15 is 0 Å². The smallest absolute Gasteiger partial charge is 0.303 e. The highest BCUT2D eigenvalue weighted by molar-refractivity contribution is 5.66. The van der Waals surface area contributed by atoms with Crippen molar-refractivity contribution in [3.63, 3.8) is 0 Å². The molecular formula is C20H28O3. The van der Waals surface area contributed by atoms with E-state index in [2.05, 4.69) is 24.3 Å². The summed E-state index contributed by atoms with van der Waals surface area (Å²) < 4.78 is 5.55. The summed E-state index contributed by atoms with van der Waals surface area (Å²) in [5.74, 6) is -0.215. The van der Waals surface area contributed by atoms with Crippen LogP contribution >= 0.6 is 0 Å². The number of rotatable bonds is 6. The van der Waals surface area contributed by atoms with Gasteiger partial charge in [-0.2, -0.15) is 0 Å². The second kappa shape index (κ2) is 7.31. The van der Waals surface area contributed by atoms with E-state index in [-0.39, 0.29) is 18.0 Å². The van der Waals surface area contributed by atoms with E-state index in [4.69, 9.17) is 9.84 Å². The summed E-state index contributed by atoms with van der Waals surface area (Å²) in [6.45, 7) is 5.55. The number of hydrogen-bond donors (Lipinski definition) is 1. The van der Waals surface area contributed by atoms with Gasteiger partial charge in [0, 0.05) is 6.92 Å². The number of aliphatic hydroxyl groups excluding tert-OH is 1. The fraction of sp³-hybridized carbons (Fsp3) is 0.550. The van der Waals surface area contributed by atoms with E-state index in [1.54, 1.807) is 6.08 Å². The molecule has 23 heavy (non-hydrogen) atoms. The summed E-state index contributed by atoms with van der Waals surface area (Å²) in [6.07, 6.45) is 9.25. The molecule has 3 heteroatoms. The third-order valence-corrected chi connectivity index (χ3v) is 4.68. The summed E-state index contributed by atoms with van der Waals surface area (Å²) >= 11 is 0. The summed E-state index contributed by atoms with van der Waals surface area (Å²) in [5.41, 5.74) is 2.07. The number of hydrogen-bond acceptors (Lipinski definition) is 3. The zero-order valence-corrected chi connectivity index (χ0v) is 14.5. The minimum atomic E-state index is -0.453. The number of benzene rings is 1. The highest BCUT2D eigenvalue weighted by Gasteiger charge is 2.41. The predicted octanol–water partition coefficient (Wildman–Crippen LogP) is 4.24. The molecule has 0 heterocycles. The molecule has 0 saturated heterocycles. The lowest BCUT2D eigenvalue weighted by molar-refractivity contribution is -0.155. The predicted molar refractivity (Wildman–Crippen MR) is 93.2 cm³/mol. The van der Waals surface area contributed by atoms with Crippen LogP contribution in [0.1, 0.15) is 64.0 Å². The average Bonchev–Trinajstić information content (AvgIpc) is 2.93. The van der Waals surface area contributed by atoms with Crippen LogP contribution in [0.3, 0.4) is 0 Å². The van der Waals surface area contributed by atoms with E-state index in [0.29, 0.717) is 0 Å². The zero-order chi connectivity index (χ0) is 16.9. The maximum atomic E-state index is 11.4. The van der Waals surface area contributed by atoms with Crippen LogP contribution in [-0.4, -0.2) is 23.3 Å². The molecular weight excluding hydrogens is 288 g/mol. The van der Waals surface area contributed by atoms with E-state index in [0.717, 1.165) is 24.8 Å². The van der Waals surface area contributed by atoms with Gasteiger partial charge in [0.05, 0.1) is 6.61 Å². The Balaban J connectivity index is 2.23. The van der Waals surface area contributed by atoms with Gasteiger partial charge in [-0.1, -0.05) is 49.3 Å². The van der Waals surface area contributed by atoms with Crippen molar-refractivity contribution in [3.05, 3.63) is 41.5 Å². The average molecular weight is 316 g/mol. The van der Waals surface area contributed by atoms with Gasteiger partial charge in [0.25, 0.3) is 0 Å². The fourth-order valence-corrected chi connectivity index (χ4v) is 4.00.